The Bertz CT molecular complexity index is 254. The van der Waals surface area contributed by atoms with Gasteiger partial charge < -0.3 is 25.2 Å². The molecule has 1 fully saturated rings. The number of aliphatic carboxylic acids is 1. The molecule has 4 N–H and O–H groups in total. The molecule has 0 heterocycles. The van der Waals surface area contributed by atoms with Gasteiger partial charge in [-0.25, -0.2) is 0 Å². The molecule has 1 aliphatic rings. The second-order valence-corrected chi connectivity index (χ2v) is 4.38. The summed E-state index contributed by atoms with van der Waals surface area (Å²) >= 11 is 0. The Balaban J connectivity index is 2.77. The highest BCUT2D eigenvalue weighted by Crippen LogP contribution is 2.28. The topological polar surface area (TPSA) is 107 Å². The standard InChI is InChI=1S/C10H18O6/c1-4(2)16-6-3-5(10(14)15)7(11)9(13)8(6)12/h4-9,11-13H,3H2,1-2H3,(H,14,15)/t5?,6-,7-,8+,9+/m1/s1. The number of aliphatic hydroxyl groups excluding tert-OH is 3. The highest BCUT2D eigenvalue weighted by molar-refractivity contribution is 5.71. The number of carboxylic acid groups (broad SMARTS) is 1. The van der Waals surface area contributed by atoms with E-state index in [2.05, 4.69) is 0 Å². The van der Waals surface area contributed by atoms with Crippen LogP contribution >= 0.6 is 0 Å². The summed E-state index contributed by atoms with van der Waals surface area (Å²) in [5, 5.41) is 37.5. The lowest BCUT2D eigenvalue weighted by atomic mass is 9.80. The smallest absolute Gasteiger partial charge is 0.309 e. The Labute approximate surface area is 93.5 Å². The number of carboxylic acids is 1. The van der Waals surface area contributed by atoms with Crippen molar-refractivity contribution in [1.29, 1.82) is 0 Å². The summed E-state index contributed by atoms with van der Waals surface area (Å²) in [5.41, 5.74) is 0. The molecule has 0 saturated heterocycles. The summed E-state index contributed by atoms with van der Waals surface area (Å²) in [6.07, 6.45) is -5.16. The van der Waals surface area contributed by atoms with Crippen LogP contribution in [0.2, 0.25) is 0 Å². The third-order valence-corrected chi connectivity index (χ3v) is 2.74. The largest absolute Gasteiger partial charge is 0.481 e. The monoisotopic (exact) mass is 234 g/mol. The Morgan fingerprint density at radius 1 is 1.19 bits per heavy atom. The number of aliphatic hydroxyl groups is 3. The summed E-state index contributed by atoms with van der Waals surface area (Å²) < 4.78 is 5.32. The van der Waals surface area contributed by atoms with Gasteiger partial charge in [0, 0.05) is 0 Å². The van der Waals surface area contributed by atoms with E-state index >= 15 is 0 Å². The predicted molar refractivity (Wildman–Crippen MR) is 53.8 cm³/mol. The normalized spacial score (nSPS) is 40.0. The van der Waals surface area contributed by atoms with Gasteiger partial charge in [-0.3, -0.25) is 4.79 Å². The van der Waals surface area contributed by atoms with Gasteiger partial charge in [0.25, 0.3) is 0 Å². The van der Waals surface area contributed by atoms with E-state index in [1.54, 1.807) is 13.8 Å². The van der Waals surface area contributed by atoms with Crippen LogP contribution in [0, 0.1) is 5.92 Å². The van der Waals surface area contributed by atoms with Crippen molar-refractivity contribution in [3.63, 3.8) is 0 Å². The molecule has 0 radical (unpaired) electrons. The fourth-order valence-corrected chi connectivity index (χ4v) is 1.92. The second kappa shape index (κ2) is 5.09. The molecule has 16 heavy (non-hydrogen) atoms. The van der Waals surface area contributed by atoms with Crippen LogP contribution < -0.4 is 0 Å². The summed E-state index contributed by atoms with van der Waals surface area (Å²) in [4.78, 5) is 10.8. The lowest BCUT2D eigenvalue weighted by Gasteiger charge is -2.39. The average molecular weight is 234 g/mol. The van der Waals surface area contributed by atoms with Crippen molar-refractivity contribution in [2.24, 2.45) is 5.92 Å². The van der Waals surface area contributed by atoms with E-state index in [9.17, 15) is 20.1 Å². The van der Waals surface area contributed by atoms with Crippen LogP contribution in [0.5, 0.6) is 0 Å². The van der Waals surface area contributed by atoms with Gasteiger partial charge in [-0.1, -0.05) is 0 Å². The molecule has 0 aromatic rings. The maximum absolute atomic E-state index is 10.8. The average Bonchev–Trinajstić information content (AvgIpc) is 2.18. The zero-order valence-electron chi connectivity index (χ0n) is 9.28. The van der Waals surface area contributed by atoms with Crippen LogP contribution in [-0.4, -0.2) is 56.9 Å². The van der Waals surface area contributed by atoms with E-state index in [1.165, 1.54) is 0 Å². The molecule has 1 aliphatic carbocycles. The van der Waals surface area contributed by atoms with E-state index in [0.717, 1.165) is 0 Å². The van der Waals surface area contributed by atoms with Crippen LogP contribution in [0.1, 0.15) is 20.3 Å². The molecule has 1 unspecified atom stereocenters. The lowest BCUT2D eigenvalue weighted by molar-refractivity contribution is -0.192. The molecule has 6 nitrogen and oxygen atoms in total. The Morgan fingerprint density at radius 3 is 2.19 bits per heavy atom. The molecule has 1 saturated carbocycles. The zero-order chi connectivity index (χ0) is 12.5. The zero-order valence-corrected chi connectivity index (χ0v) is 9.28. The van der Waals surface area contributed by atoms with Crippen LogP contribution in [0.25, 0.3) is 0 Å². The number of hydrogen-bond acceptors (Lipinski definition) is 5. The fourth-order valence-electron chi connectivity index (χ4n) is 1.92. The van der Waals surface area contributed by atoms with Crippen molar-refractivity contribution in [1.82, 2.24) is 0 Å². The highest BCUT2D eigenvalue weighted by Gasteiger charge is 2.46. The van der Waals surface area contributed by atoms with Gasteiger partial charge in [0.1, 0.15) is 12.2 Å². The van der Waals surface area contributed by atoms with Gasteiger partial charge >= 0.3 is 5.97 Å². The summed E-state index contributed by atoms with van der Waals surface area (Å²) in [7, 11) is 0. The molecule has 5 atom stereocenters. The van der Waals surface area contributed by atoms with Gasteiger partial charge in [-0.2, -0.15) is 0 Å². The Morgan fingerprint density at radius 2 is 1.75 bits per heavy atom. The van der Waals surface area contributed by atoms with Crippen molar-refractivity contribution in [3.05, 3.63) is 0 Å². The minimum absolute atomic E-state index is 0.00704. The quantitative estimate of drug-likeness (QED) is 0.497. The molecule has 0 spiro atoms. The van der Waals surface area contributed by atoms with Crippen molar-refractivity contribution in [2.45, 2.75) is 50.8 Å². The van der Waals surface area contributed by atoms with Crippen LogP contribution in [0.4, 0.5) is 0 Å². The molecule has 1 rings (SSSR count). The fraction of sp³-hybridized carbons (Fsp3) is 0.900. The Kier molecular flexibility index (Phi) is 4.26. The van der Waals surface area contributed by atoms with Crippen LogP contribution in [0.15, 0.2) is 0 Å². The molecule has 0 bridgehead atoms. The van der Waals surface area contributed by atoms with Gasteiger partial charge in [0.05, 0.1) is 24.2 Å². The summed E-state index contributed by atoms with van der Waals surface area (Å²) in [6, 6.07) is 0. The van der Waals surface area contributed by atoms with E-state index < -0.39 is 36.3 Å². The van der Waals surface area contributed by atoms with Crippen LogP contribution in [0.3, 0.4) is 0 Å². The minimum atomic E-state index is -1.49. The summed E-state index contributed by atoms with van der Waals surface area (Å²) in [5.74, 6) is -2.31. The Hall–Kier alpha value is -0.690. The van der Waals surface area contributed by atoms with E-state index in [0.29, 0.717) is 0 Å². The number of rotatable bonds is 3. The number of hydrogen-bond donors (Lipinski definition) is 4. The third kappa shape index (κ3) is 2.70. The summed E-state index contributed by atoms with van der Waals surface area (Å²) in [6.45, 7) is 3.50. The molecule has 0 aliphatic heterocycles. The second-order valence-electron chi connectivity index (χ2n) is 4.38. The lowest BCUT2D eigenvalue weighted by Crippen LogP contribution is -2.56. The number of ether oxygens (including phenoxy) is 1. The molecular formula is C10H18O6. The first-order valence-electron chi connectivity index (χ1n) is 5.27. The maximum atomic E-state index is 10.8. The minimum Gasteiger partial charge on any atom is -0.481 e. The molecule has 0 amide bonds. The first-order valence-corrected chi connectivity index (χ1v) is 5.27. The first-order chi connectivity index (χ1) is 7.34. The van der Waals surface area contributed by atoms with Gasteiger partial charge in [-0.05, 0) is 20.3 Å². The van der Waals surface area contributed by atoms with E-state index in [4.69, 9.17) is 9.84 Å². The van der Waals surface area contributed by atoms with Gasteiger partial charge in [0.15, 0.2) is 0 Å². The molecule has 0 aromatic heterocycles. The number of carbonyl (C=O) groups is 1. The predicted octanol–water partition coefficient (Wildman–Crippen LogP) is -1.03. The van der Waals surface area contributed by atoms with Crippen LogP contribution in [-0.2, 0) is 9.53 Å². The van der Waals surface area contributed by atoms with E-state index in [-0.39, 0.29) is 12.5 Å². The highest BCUT2D eigenvalue weighted by atomic mass is 16.5. The molecule has 0 aromatic carbocycles. The van der Waals surface area contributed by atoms with Gasteiger partial charge in [0.2, 0.25) is 0 Å². The molecule has 94 valence electrons. The van der Waals surface area contributed by atoms with Crippen molar-refractivity contribution in [2.75, 3.05) is 0 Å². The van der Waals surface area contributed by atoms with Crippen molar-refractivity contribution in [3.8, 4) is 0 Å². The third-order valence-electron chi connectivity index (χ3n) is 2.74. The molecular weight excluding hydrogens is 216 g/mol. The van der Waals surface area contributed by atoms with Crippen molar-refractivity contribution >= 4 is 5.97 Å². The van der Waals surface area contributed by atoms with Crippen molar-refractivity contribution < 1.29 is 30.0 Å². The SMILES string of the molecule is CC(C)O[C@@H]1CC(C(=O)O)[C@@H](O)[C@H](O)[C@H]1O. The molecule has 6 heteroatoms. The van der Waals surface area contributed by atoms with Gasteiger partial charge in [-0.15, -0.1) is 0 Å². The van der Waals surface area contributed by atoms with E-state index in [1.807, 2.05) is 0 Å². The maximum Gasteiger partial charge on any atom is 0.309 e. The first kappa shape index (κ1) is 13.4.